The third-order valence-corrected chi connectivity index (χ3v) is 1.90. The molecule has 0 aromatic carbocycles. The fourth-order valence-electron chi connectivity index (χ4n) is 0.491. The minimum Gasteiger partial charge on any atom is -0.481 e. The molecule has 0 aliphatic rings. The normalized spacial score (nSPS) is 13.9. The first-order valence-electron chi connectivity index (χ1n) is 2.82. The summed E-state index contributed by atoms with van der Waals surface area (Å²) >= 11 is 0. The molecule has 7 nitrogen and oxygen atoms in total. The summed E-state index contributed by atoms with van der Waals surface area (Å²) in [5.74, 6) is -1.38. The van der Waals surface area contributed by atoms with Gasteiger partial charge in [0.05, 0.1) is 12.5 Å². The van der Waals surface area contributed by atoms with Gasteiger partial charge in [0.25, 0.3) is 5.52 Å². The number of hydrogen-bond acceptors (Lipinski definition) is 4. The number of hydrogen-bond donors (Lipinski definition) is 4. The van der Waals surface area contributed by atoms with Gasteiger partial charge in [-0.15, -0.1) is 0 Å². The Morgan fingerprint density at radius 3 is 2.08 bits per heavy atom. The van der Waals surface area contributed by atoms with E-state index in [9.17, 15) is 14.2 Å². The molecular weight excluding hydrogens is 189 g/mol. The van der Waals surface area contributed by atoms with Crippen molar-refractivity contribution in [2.75, 3.05) is 0 Å². The van der Waals surface area contributed by atoms with Crippen LogP contribution in [-0.4, -0.2) is 32.4 Å². The van der Waals surface area contributed by atoms with Crippen LogP contribution in [0.25, 0.3) is 0 Å². The average molecular weight is 197 g/mol. The van der Waals surface area contributed by atoms with Crippen molar-refractivity contribution in [1.29, 1.82) is 0 Å². The van der Waals surface area contributed by atoms with E-state index in [-0.39, 0.29) is 0 Å². The first kappa shape index (κ1) is 11.2. The van der Waals surface area contributed by atoms with E-state index >= 15 is 0 Å². The molecule has 0 aromatic rings. The molecule has 0 aliphatic heterocycles. The van der Waals surface area contributed by atoms with Gasteiger partial charge in [0.1, 0.15) is 0 Å². The zero-order valence-corrected chi connectivity index (χ0v) is 6.77. The monoisotopic (exact) mass is 197 g/mol. The van der Waals surface area contributed by atoms with Gasteiger partial charge < -0.3 is 20.6 Å². The van der Waals surface area contributed by atoms with E-state index in [2.05, 4.69) is 0 Å². The summed E-state index contributed by atoms with van der Waals surface area (Å²) in [7, 11) is -4.90. The van der Waals surface area contributed by atoms with Gasteiger partial charge in [-0.25, -0.2) is 0 Å². The third kappa shape index (κ3) is 3.59. The van der Waals surface area contributed by atoms with Crippen molar-refractivity contribution in [3.8, 4) is 0 Å². The topological polar surface area (TPSA) is 138 Å². The highest BCUT2D eigenvalue weighted by molar-refractivity contribution is 7.70. The zero-order valence-electron chi connectivity index (χ0n) is 5.88. The SMILES string of the molecule is NC(CC(=O)O)C(=O)P(=O)(O)O. The summed E-state index contributed by atoms with van der Waals surface area (Å²) < 4.78 is 10.2. The molecule has 12 heavy (non-hydrogen) atoms. The van der Waals surface area contributed by atoms with Crippen molar-refractivity contribution >= 4 is 19.1 Å². The molecule has 0 fully saturated rings. The van der Waals surface area contributed by atoms with Crippen molar-refractivity contribution in [2.45, 2.75) is 12.5 Å². The Kier molecular flexibility index (Phi) is 3.54. The van der Waals surface area contributed by atoms with Crippen molar-refractivity contribution < 1.29 is 29.0 Å². The van der Waals surface area contributed by atoms with E-state index in [1.54, 1.807) is 0 Å². The number of nitrogens with two attached hydrogens (primary N) is 1. The Hall–Kier alpha value is -0.750. The number of aliphatic carboxylic acids is 1. The van der Waals surface area contributed by atoms with Gasteiger partial charge in [0.2, 0.25) is 0 Å². The van der Waals surface area contributed by atoms with E-state index < -0.39 is 31.6 Å². The van der Waals surface area contributed by atoms with Crippen LogP contribution in [0.15, 0.2) is 0 Å². The molecule has 1 atom stereocenters. The van der Waals surface area contributed by atoms with Crippen LogP contribution in [0.4, 0.5) is 0 Å². The van der Waals surface area contributed by atoms with E-state index in [0.29, 0.717) is 0 Å². The molecule has 0 spiro atoms. The van der Waals surface area contributed by atoms with Crippen LogP contribution < -0.4 is 5.73 Å². The van der Waals surface area contributed by atoms with E-state index in [4.69, 9.17) is 20.6 Å². The van der Waals surface area contributed by atoms with Crippen LogP contribution in [0, 0.1) is 0 Å². The Bertz CT molecular complexity index is 244. The first-order chi connectivity index (χ1) is 5.25. The predicted molar refractivity (Wildman–Crippen MR) is 37.3 cm³/mol. The second-order valence-electron chi connectivity index (χ2n) is 2.09. The van der Waals surface area contributed by atoms with Gasteiger partial charge in [-0.2, -0.15) is 0 Å². The second-order valence-corrected chi connectivity index (χ2v) is 3.62. The molecule has 0 amide bonds. The highest BCUT2D eigenvalue weighted by atomic mass is 31.2. The molecule has 0 aliphatic carbocycles. The van der Waals surface area contributed by atoms with Crippen LogP contribution >= 0.6 is 7.60 Å². The van der Waals surface area contributed by atoms with Crippen LogP contribution in [0.2, 0.25) is 0 Å². The standard InChI is InChI=1S/C4H8NO6P/c5-2(1-3(6)7)4(8)12(9,10)11/h2H,1,5H2,(H,6,7)(H2,9,10,11). The highest BCUT2D eigenvalue weighted by Crippen LogP contribution is 2.36. The van der Waals surface area contributed by atoms with Crippen LogP contribution in [-0.2, 0) is 14.2 Å². The maximum absolute atomic E-state index is 10.5. The Balaban J connectivity index is 4.31. The van der Waals surface area contributed by atoms with Gasteiger partial charge in [0, 0.05) is 0 Å². The summed E-state index contributed by atoms with van der Waals surface area (Å²) in [6.45, 7) is 0. The third-order valence-electron chi connectivity index (χ3n) is 0.999. The fourth-order valence-corrected chi connectivity index (χ4v) is 1.01. The number of rotatable bonds is 4. The lowest BCUT2D eigenvalue weighted by Crippen LogP contribution is -2.32. The van der Waals surface area contributed by atoms with Crippen molar-refractivity contribution in [2.24, 2.45) is 5.73 Å². The minimum atomic E-state index is -4.90. The molecular formula is C4H8NO6P. The lowest BCUT2D eigenvalue weighted by molar-refractivity contribution is -0.138. The molecule has 5 N–H and O–H groups in total. The molecule has 1 unspecified atom stereocenters. The average Bonchev–Trinajstić information content (AvgIpc) is 1.82. The smallest absolute Gasteiger partial charge is 0.393 e. The molecule has 0 saturated heterocycles. The zero-order chi connectivity index (χ0) is 9.94. The number of carboxylic acid groups (broad SMARTS) is 1. The van der Waals surface area contributed by atoms with Crippen LogP contribution in [0.5, 0.6) is 0 Å². The van der Waals surface area contributed by atoms with Crippen molar-refractivity contribution in [3.05, 3.63) is 0 Å². The molecule has 0 aromatic heterocycles. The summed E-state index contributed by atoms with van der Waals surface area (Å²) in [5, 5.41) is 8.11. The van der Waals surface area contributed by atoms with E-state index in [1.165, 1.54) is 0 Å². The number of carboxylic acids is 1. The first-order valence-corrected chi connectivity index (χ1v) is 4.43. The van der Waals surface area contributed by atoms with Gasteiger partial charge in [-0.3, -0.25) is 14.2 Å². The lowest BCUT2D eigenvalue weighted by atomic mass is 10.2. The summed E-state index contributed by atoms with van der Waals surface area (Å²) in [6, 6.07) is -1.65. The largest absolute Gasteiger partial charge is 0.481 e. The summed E-state index contributed by atoms with van der Waals surface area (Å²) in [6.07, 6.45) is -0.788. The van der Waals surface area contributed by atoms with Crippen LogP contribution in [0.1, 0.15) is 6.42 Å². The van der Waals surface area contributed by atoms with Crippen molar-refractivity contribution in [1.82, 2.24) is 0 Å². The molecule has 8 heteroatoms. The number of carbonyl (C=O) groups excluding carboxylic acids is 1. The lowest BCUT2D eigenvalue weighted by Gasteiger charge is -2.07. The maximum Gasteiger partial charge on any atom is 0.393 e. The highest BCUT2D eigenvalue weighted by Gasteiger charge is 2.32. The van der Waals surface area contributed by atoms with Crippen LogP contribution in [0.3, 0.4) is 0 Å². The number of carbonyl (C=O) groups is 2. The van der Waals surface area contributed by atoms with Gasteiger partial charge >= 0.3 is 13.6 Å². The molecule has 70 valence electrons. The summed E-state index contributed by atoms with van der Waals surface area (Å²) in [5.41, 5.74) is 3.33. The van der Waals surface area contributed by atoms with Gasteiger partial charge in [-0.1, -0.05) is 0 Å². The molecule has 0 radical (unpaired) electrons. The Labute approximate surface area is 67.3 Å². The predicted octanol–water partition coefficient (Wildman–Crippen LogP) is -1.51. The Morgan fingerprint density at radius 1 is 1.42 bits per heavy atom. The quantitative estimate of drug-likeness (QED) is 0.402. The molecule has 0 rings (SSSR count). The second kappa shape index (κ2) is 3.77. The minimum absolute atomic E-state index is 0.788. The fraction of sp³-hybridized carbons (Fsp3) is 0.500. The Morgan fingerprint density at radius 2 is 1.83 bits per heavy atom. The van der Waals surface area contributed by atoms with Crippen molar-refractivity contribution in [3.63, 3.8) is 0 Å². The van der Waals surface area contributed by atoms with E-state index in [1.807, 2.05) is 0 Å². The molecule has 0 saturated carbocycles. The molecule has 0 heterocycles. The van der Waals surface area contributed by atoms with E-state index in [0.717, 1.165) is 0 Å². The van der Waals surface area contributed by atoms with Gasteiger partial charge in [0.15, 0.2) is 0 Å². The summed E-state index contributed by atoms with van der Waals surface area (Å²) in [4.78, 5) is 37.0. The van der Waals surface area contributed by atoms with Gasteiger partial charge in [-0.05, 0) is 0 Å². The molecule has 0 bridgehead atoms. The maximum atomic E-state index is 10.5.